The molecule has 0 fully saturated rings. The maximum Gasteiger partial charge on any atom is 0.407 e. The molecular weight excluding hydrogens is 278 g/mol. The molecule has 5 heteroatoms. The molecule has 0 saturated heterocycles. The van der Waals surface area contributed by atoms with Gasteiger partial charge in [-0.15, -0.1) is 0 Å². The molecule has 1 aromatic carbocycles. The van der Waals surface area contributed by atoms with Crippen LogP contribution in [0.1, 0.15) is 33.3 Å². The Morgan fingerprint density at radius 3 is 2.77 bits per heavy atom. The van der Waals surface area contributed by atoms with Crippen LogP contribution in [0.25, 0.3) is 10.9 Å². The summed E-state index contributed by atoms with van der Waals surface area (Å²) in [5, 5.41) is 12.8. The molecule has 1 aromatic heterocycles. The topological polar surface area (TPSA) is 67.0 Å². The van der Waals surface area contributed by atoms with E-state index in [0.717, 1.165) is 10.9 Å². The summed E-state index contributed by atoms with van der Waals surface area (Å²) in [7, 11) is 0. The maximum absolute atomic E-state index is 11.8. The number of hydrogen-bond donors (Lipinski definition) is 1. The second kappa shape index (κ2) is 6.10. The summed E-state index contributed by atoms with van der Waals surface area (Å²) in [5.41, 5.74) is 1.18. The molecule has 0 radical (unpaired) electrons. The normalized spacial score (nSPS) is 12.7. The van der Waals surface area contributed by atoms with Gasteiger partial charge in [-0.3, -0.25) is 0 Å². The van der Waals surface area contributed by atoms with E-state index >= 15 is 0 Å². The van der Waals surface area contributed by atoms with Crippen LogP contribution in [0.4, 0.5) is 4.79 Å². The molecule has 2 rings (SSSR count). The number of hydrogen-bond acceptors (Lipinski definition) is 3. The van der Waals surface area contributed by atoms with Gasteiger partial charge in [-0.2, -0.15) is 5.26 Å². The zero-order valence-electron chi connectivity index (χ0n) is 13.4. The van der Waals surface area contributed by atoms with Crippen molar-refractivity contribution in [2.45, 2.75) is 45.9 Å². The number of nitrogens with zero attached hydrogens (tertiary/aromatic N) is 2. The second-order valence-corrected chi connectivity index (χ2v) is 6.40. The van der Waals surface area contributed by atoms with Crippen molar-refractivity contribution in [3.63, 3.8) is 0 Å². The number of ether oxygens (including phenoxy) is 1. The molecule has 1 N–H and O–H groups in total. The van der Waals surface area contributed by atoms with Crippen molar-refractivity contribution >= 4 is 17.0 Å². The highest BCUT2D eigenvalue weighted by molar-refractivity contribution is 5.81. The first-order valence-electron chi connectivity index (χ1n) is 7.27. The average molecular weight is 299 g/mol. The fourth-order valence-electron chi connectivity index (χ4n) is 2.28. The van der Waals surface area contributed by atoms with E-state index in [1.165, 1.54) is 0 Å². The number of alkyl carbamates (subject to hydrolysis) is 1. The van der Waals surface area contributed by atoms with Crippen LogP contribution in [0.5, 0.6) is 0 Å². The van der Waals surface area contributed by atoms with Crippen molar-refractivity contribution in [2.24, 2.45) is 0 Å². The first-order chi connectivity index (χ1) is 10.3. The van der Waals surface area contributed by atoms with Crippen LogP contribution in [0, 0.1) is 11.3 Å². The van der Waals surface area contributed by atoms with E-state index in [9.17, 15) is 4.79 Å². The van der Waals surface area contributed by atoms with Gasteiger partial charge in [0.25, 0.3) is 0 Å². The monoisotopic (exact) mass is 299 g/mol. The Hall–Kier alpha value is -2.48. The predicted octanol–water partition coefficient (Wildman–Crippen LogP) is 3.43. The molecule has 0 bridgehead atoms. The van der Waals surface area contributed by atoms with Crippen molar-refractivity contribution in [3.05, 3.63) is 36.0 Å². The number of carbonyl (C=O) groups excluding carboxylic acids is 1. The van der Waals surface area contributed by atoms with Gasteiger partial charge < -0.3 is 14.6 Å². The van der Waals surface area contributed by atoms with Crippen molar-refractivity contribution < 1.29 is 9.53 Å². The summed E-state index contributed by atoms with van der Waals surface area (Å²) in [4.78, 5) is 11.8. The summed E-state index contributed by atoms with van der Waals surface area (Å²) in [6.45, 7) is 8.07. The van der Waals surface area contributed by atoms with Crippen LogP contribution in [0.3, 0.4) is 0 Å². The molecule has 0 spiro atoms. The van der Waals surface area contributed by atoms with Crippen LogP contribution in [-0.2, 0) is 11.3 Å². The van der Waals surface area contributed by atoms with Gasteiger partial charge in [-0.25, -0.2) is 4.79 Å². The number of carbonyl (C=O) groups is 1. The van der Waals surface area contributed by atoms with Gasteiger partial charge in [0.1, 0.15) is 5.60 Å². The number of fused-ring (bicyclic) bond motifs is 1. The lowest BCUT2D eigenvalue weighted by atomic mass is 10.2. The summed E-state index contributed by atoms with van der Waals surface area (Å²) < 4.78 is 7.30. The number of aromatic nitrogens is 1. The summed E-state index contributed by atoms with van der Waals surface area (Å²) >= 11 is 0. The first kappa shape index (κ1) is 15.9. The van der Waals surface area contributed by atoms with E-state index in [4.69, 9.17) is 10.00 Å². The highest BCUT2D eigenvalue weighted by Crippen LogP contribution is 2.18. The fraction of sp³-hybridized carbons (Fsp3) is 0.412. The lowest BCUT2D eigenvalue weighted by Gasteiger charge is -2.22. The maximum atomic E-state index is 11.8. The van der Waals surface area contributed by atoms with E-state index < -0.39 is 11.7 Å². The number of benzene rings is 1. The molecule has 0 unspecified atom stereocenters. The molecular formula is C17H21N3O2. The number of rotatable bonds is 3. The van der Waals surface area contributed by atoms with Gasteiger partial charge >= 0.3 is 6.09 Å². The van der Waals surface area contributed by atoms with Gasteiger partial charge in [-0.1, -0.05) is 0 Å². The summed E-state index contributed by atoms with van der Waals surface area (Å²) in [6.07, 6.45) is 1.54. The molecule has 2 aromatic rings. The van der Waals surface area contributed by atoms with Gasteiger partial charge in [0.2, 0.25) is 0 Å². The molecule has 5 nitrogen and oxygen atoms in total. The minimum atomic E-state index is -0.502. The Kier molecular flexibility index (Phi) is 4.41. The second-order valence-electron chi connectivity index (χ2n) is 6.40. The third kappa shape index (κ3) is 4.01. The third-order valence-corrected chi connectivity index (χ3v) is 3.13. The van der Waals surface area contributed by atoms with Crippen LogP contribution < -0.4 is 5.32 Å². The Bertz CT molecular complexity index is 720. The standard InChI is InChI=1S/C17H21N3O2/c1-12(19-16(21)22-17(2,3)4)11-20-8-7-14-9-13(10-18)5-6-15(14)20/h5-9,12H,11H2,1-4H3,(H,19,21)/t12-/m0/s1. The lowest BCUT2D eigenvalue weighted by Crippen LogP contribution is -2.39. The predicted molar refractivity (Wildman–Crippen MR) is 85.5 cm³/mol. The van der Waals surface area contributed by atoms with Crippen molar-refractivity contribution in [1.29, 1.82) is 5.26 Å². The minimum absolute atomic E-state index is 0.0684. The van der Waals surface area contributed by atoms with E-state index in [1.54, 1.807) is 6.07 Å². The Morgan fingerprint density at radius 1 is 1.41 bits per heavy atom. The van der Waals surface area contributed by atoms with Crippen molar-refractivity contribution in [1.82, 2.24) is 9.88 Å². The van der Waals surface area contributed by atoms with E-state index in [0.29, 0.717) is 12.1 Å². The third-order valence-electron chi connectivity index (χ3n) is 3.13. The molecule has 0 aliphatic heterocycles. The lowest BCUT2D eigenvalue weighted by molar-refractivity contribution is 0.0504. The van der Waals surface area contributed by atoms with Crippen LogP contribution in [0.15, 0.2) is 30.5 Å². The Labute approximate surface area is 130 Å². The minimum Gasteiger partial charge on any atom is -0.444 e. The number of nitriles is 1. The molecule has 22 heavy (non-hydrogen) atoms. The van der Waals surface area contributed by atoms with Crippen molar-refractivity contribution in [2.75, 3.05) is 0 Å². The zero-order valence-corrected chi connectivity index (χ0v) is 13.4. The highest BCUT2D eigenvalue weighted by Gasteiger charge is 2.18. The molecule has 0 aliphatic carbocycles. The first-order valence-corrected chi connectivity index (χ1v) is 7.27. The quantitative estimate of drug-likeness (QED) is 0.944. The molecule has 0 saturated carbocycles. The van der Waals surface area contributed by atoms with Crippen LogP contribution in [0.2, 0.25) is 0 Å². The molecule has 116 valence electrons. The smallest absolute Gasteiger partial charge is 0.407 e. The van der Waals surface area contributed by atoms with E-state index in [1.807, 2.05) is 52.1 Å². The Balaban J connectivity index is 2.05. The molecule has 1 atom stereocenters. The van der Waals surface area contributed by atoms with E-state index in [2.05, 4.69) is 16.0 Å². The Morgan fingerprint density at radius 2 is 2.14 bits per heavy atom. The zero-order chi connectivity index (χ0) is 16.3. The molecule has 0 aliphatic rings. The van der Waals surface area contributed by atoms with Gasteiger partial charge in [-0.05, 0) is 52.0 Å². The number of nitrogens with one attached hydrogen (secondary N) is 1. The largest absolute Gasteiger partial charge is 0.444 e. The SMILES string of the molecule is C[C@@H](Cn1ccc2cc(C#N)ccc21)NC(=O)OC(C)(C)C. The van der Waals surface area contributed by atoms with E-state index in [-0.39, 0.29) is 6.04 Å². The van der Waals surface area contributed by atoms with Gasteiger partial charge in [0.15, 0.2) is 0 Å². The van der Waals surface area contributed by atoms with Crippen LogP contribution >= 0.6 is 0 Å². The average Bonchev–Trinajstić information content (AvgIpc) is 2.78. The molecule has 1 amide bonds. The van der Waals surface area contributed by atoms with Crippen LogP contribution in [-0.4, -0.2) is 22.3 Å². The van der Waals surface area contributed by atoms with Crippen molar-refractivity contribution in [3.8, 4) is 6.07 Å². The highest BCUT2D eigenvalue weighted by atomic mass is 16.6. The fourth-order valence-corrected chi connectivity index (χ4v) is 2.28. The molecule has 1 heterocycles. The summed E-state index contributed by atoms with van der Waals surface area (Å²) in [5.74, 6) is 0. The van der Waals surface area contributed by atoms with Gasteiger partial charge in [0.05, 0.1) is 11.6 Å². The summed E-state index contributed by atoms with van der Waals surface area (Å²) in [6, 6.07) is 9.61. The number of amides is 1. The van der Waals surface area contributed by atoms with Gasteiger partial charge in [0, 0.05) is 29.7 Å².